The summed E-state index contributed by atoms with van der Waals surface area (Å²) < 4.78 is 19.8. The van der Waals surface area contributed by atoms with Crippen LogP contribution in [0.1, 0.15) is 12.0 Å². The summed E-state index contributed by atoms with van der Waals surface area (Å²) in [6, 6.07) is 9.44. The van der Waals surface area contributed by atoms with Gasteiger partial charge in [-0.25, -0.2) is 19.2 Å². The molecule has 0 aliphatic carbocycles. The van der Waals surface area contributed by atoms with Crippen molar-refractivity contribution in [3.05, 3.63) is 88.8 Å². The predicted molar refractivity (Wildman–Crippen MR) is 125 cm³/mol. The van der Waals surface area contributed by atoms with Crippen LogP contribution in [0.5, 0.6) is 0 Å². The summed E-state index contributed by atoms with van der Waals surface area (Å²) in [5.41, 5.74) is -1.88. The number of rotatable bonds is 7. The molecule has 182 valence electrons. The molecule has 1 aromatic rings. The summed E-state index contributed by atoms with van der Waals surface area (Å²) in [5, 5.41) is 0. The highest BCUT2D eigenvalue weighted by Crippen LogP contribution is 2.46. The van der Waals surface area contributed by atoms with E-state index in [0.29, 0.717) is 0 Å². The van der Waals surface area contributed by atoms with Gasteiger partial charge in [-0.1, -0.05) is 54.6 Å². The third-order valence-corrected chi connectivity index (χ3v) is 5.64. The number of nitrogens with zero attached hydrogens (tertiary/aromatic N) is 1. The van der Waals surface area contributed by atoms with Gasteiger partial charge >= 0.3 is 23.9 Å². The van der Waals surface area contributed by atoms with Crippen LogP contribution in [0.4, 0.5) is 0 Å². The number of methoxy groups -OCH3 is 4. The molecule has 0 unspecified atom stereocenters. The number of allylic oxidation sites excluding steroid dienone is 2. The van der Waals surface area contributed by atoms with Crippen molar-refractivity contribution in [2.45, 2.75) is 12.0 Å². The molecule has 0 saturated carbocycles. The SMILES string of the molecule is COC(=O)C1=C(C(=O)OC)N2C=CC=C[C@@]2(C/C=C/c2ccccc2)C(C(=O)OC)=C1C(=O)OC. The first-order valence-electron chi connectivity index (χ1n) is 10.6. The average Bonchev–Trinajstić information content (AvgIpc) is 2.90. The van der Waals surface area contributed by atoms with Crippen LogP contribution in [0.25, 0.3) is 6.08 Å². The molecule has 0 amide bonds. The van der Waals surface area contributed by atoms with Gasteiger partial charge in [-0.05, 0) is 18.1 Å². The largest absolute Gasteiger partial charge is 0.466 e. The third-order valence-electron chi connectivity index (χ3n) is 5.64. The van der Waals surface area contributed by atoms with Crippen LogP contribution in [0.15, 0.2) is 83.3 Å². The smallest absolute Gasteiger partial charge is 0.355 e. The molecule has 1 aromatic carbocycles. The van der Waals surface area contributed by atoms with E-state index in [-0.39, 0.29) is 17.7 Å². The minimum atomic E-state index is -1.42. The van der Waals surface area contributed by atoms with Gasteiger partial charge in [0.1, 0.15) is 11.3 Å². The Morgan fingerprint density at radius 1 is 0.800 bits per heavy atom. The van der Waals surface area contributed by atoms with Crippen molar-refractivity contribution in [2.24, 2.45) is 0 Å². The zero-order valence-electron chi connectivity index (χ0n) is 19.8. The van der Waals surface area contributed by atoms with Crippen LogP contribution < -0.4 is 0 Å². The van der Waals surface area contributed by atoms with Gasteiger partial charge in [0.25, 0.3) is 0 Å². The van der Waals surface area contributed by atoms with E-state index in [1.165, 1.54) is 11.1 Å². The van der Waals surface area contributed by atoms with Gasteiger partial charge in [-0.15, -0.1) is 0 Å². The summed E-state index contributed by atoms with van der Waals surface area (Å²) in [6.07, 6.45) is 10.2. The fourth-order valence-electron chi connectivity index (χ4n) is 4.11. The van der Waals surface area contributed by atoms with Gasteiger partial charge in [0, 0.05) is 6.20 Å². The van der Waals surface area contributed by atoms with Crippen molar-refractivity contribution in [1.82, 2.24) is 4.90 Å². The maximum Gasteiger partial charge on any atom is 0.355 e. The lowest BCUT2D eigenvalue weighted by atomic mass is 9.74. The molecule has 0 N–H and O–H groups in total. The Morgan fingerprint density at radius 2 is 1.40 bits per heavy atom. The summed E-state index contributed by atoms with van der Waals surface area (Å²) in [4.78, 5) is 53.6. The first-order valence-corrected chi connectivity index (χ1v) is 10.6. The number of benzene rings is 1. The number of fused-ring (bicyclic) bond motifs is 1. The Kier molecular flexibility index (Phi) is 7.70. The molecule has 0 spiro atoms. The summed E-state index contributed by atoms with van der Waals surface area (Å²) in [5.74, 6) is -3.83. The molecule has 9 heteroatoms. The van der Waals surface area contributed by atoms with Crippen molar-refractivity contribution in [2.75, 3.05) is 28.4 Å². The zero-order valence-corrected chi connectivity index (χ0v) is 19.8. The summed E-state index contributed by atoms with van der Waals surface area (Å²) in [6.45, 7) is 0. The van der Waals surface area contributed by atoms with Gasteiger partial charge in [-0.3, -0.25) is 0 Å². The van der Waals surface area contributed by atoms with E-state index in [1.807, 2.05) is 36.4 Å². The normalized spacial score (nSPS) is 18.9. The second-order valence-electron chi connectivity index (χ2n) is 7.45. The van der Waals surface area contributed by atoms with Crippen molar-refractivity contribution in [1.29, 1.82) is 0 Å². The first-order chi connectivity index (χ1) is 16.9. The molecule has 0 saturated heterocycles. The van der Waals surface area contributed by atoms with E-state index in [0.717, 1.165) is 34.0 Å². The van der Waals surface area contributed by atoms with Gasteiger partial charge in [0.15, 0.2) is 0 Å². The van der Waals surface area contributed by atoms with Crippen LogP contribution in [0, 0.1) is 0 Å². The summed E-state index contributed by atoms with van der Waals surface area (Å²) in [7, 11) is 4.49. The molecule has 1 atom stereocenters. The maximum atomic E-state index is 13.2. The van der Waals surface area contributed by atoms with Crippen LogP contribution in [0.3, 0.4) is 0 Å². The number of esters is 4. The van der Waals surface area contributed by atoms with Crippen LogP contribution >= 0.6 is 0 Å². The molecule has 2 aliphatic heterocycles. The molecule has 0 radical (unpaired) electrons. The fourth-order valence-corrected chi connectivity index (χ4v) is 4.11. The average molecular weight is 479 g/mol. The molecular weight excluding hydrogens is 454 g/mol. The Bertz CT molecular complexity index is 1190. The van der Waals surface area contributed by atoms with E-state index < -0.39 is 40.6 Å². The second-order valence-corrected chi connectivity index (χ2v) is 7.45. The second kappa shape index (κ2) is 10.7. The molecule has 2 heterocycles. The number of hydrogen-bond donors (Lipinski definition) is 0. The minimum Gasteiger partial charge on any atom is -0.466 e. The molecule has 0 aromatic heterocycles. The topological polar surface area (TPSA) is 108 Å². The molecule has 9 nitrogen and oxygen atoms in total. The number of carbonyl (C=O) groups excluding carboxylic acids is 4. The molecule has 0 bridgehead atoms. The number of hydrogen-bond acceptors (Lipinski definition) is 9. The van der Waals surface area contributed by atoms with Gasteiger partial charge < -0.3 is 23.8 Å². The fraction of sp³-hybridized carbons (Fsp3) is 0.231. The van der Waals surface area contributed by atoms with Crippen LogP contribution in [-0.2, 0) is 38.1 Å². The van der Waals surface area contributed by atoms with Crippen molar-refractivity contribution in [3.63, 3.8) is 0 Å². The van der Waals surface area contributed by atoms with Crippen molar-refractivity contribution in [3.8, 4) is 0 Å². The van der Waals surface area contributed by atoms with Gasteiger partial charge in [-0.2, -0.15) is 0 Å². The minimum absolute atomic E-state index is 0.114. The van der Waals surface area contributed by atoms with Crippen LogP contribution in [0.2, 0.25) is 0 Å². The van der Waals surface area contributed by atoms with E-state index in [2.05, 4.69) is 0 Å². The Labute approximate surface area is 202 Å². The van der Waals surface area contributed by atoms with Crippen molar-refractivity contribution < 1.29 is 38.1 Å². The quantitative estimate of drug-likeness (QED) is 0.430. The monoisotopic (exact) mass is 479 g/mol. The lowest BCUT2D eigenvalue weighted by Gasteiger charge is -2.47. The summed E-state index contributed by atoms with van der Waals surface area (Å²) >= 11 is 0. The Morgan fingerprint density at radius 3 is 2.00 bits per heavy atom. The maximum absolute atomic E-state index is 13.2. The highest BCUT2D eigenvalue weighted by Gasteiger charge is 2.53. The van der Waals surface area contributed by atoms with E-state index >= 15 is 0 Å². The molecule has 3 rings (SSSR count). The third kappa shape index (κ3) is 4.52. The van der Waals surface area contributed by atoms with Gasteiger partial charge in [0.2, 0.25) is 0 Å². The predicted octanol–water partition coefficient (Wildman–Crippen LogP) is 2.47. The molecule has 35 heavy (non-hydrogen) atoms. The lowest BCUT2D eigenvalue weighted by molar-refractivity contribution is -0.144. The van der Waals surface area contributed by atoms with E-state index in [1.54, 1.807) is 24.3 Å². The van der Waals surface area contributed by atoms with Crippen LogP contribution in [-0.4, -0.2) is 62.8 Å². The number of carbonyl (C=O) groups is 4. The Hall–Kier alpha value is -4.40. The molecular formula is C26H25NO8. The van der Waals surface area contributed by atoms with Gasteiger partial charge in [0.05, 0.1) is 45.1 Å². The van der Waals surface area contributed by atoms with E-state index in [4.69, 9.17) is 18.9 Å². The first kappa shape index (κ1) is 25.2. The highest BCUT2D eigenvalue weighted by atomic mass is 16.5. The number of ether oxygens (including phenoxy) is 4. The molecule has 0 fully saturated rings. The van der Waals surface area contributed by atoms with E-state index in [9.17, 15) is 19.2 Å². The highest BCUT2D eigenvalue weighted by molar-refractivity contribution is 6.17. The standard InChI is InChI=1S/C26H25NO8/c1-32-22(28)18-19(23(29)33-2)21(25(31)35-4)27-16-9-8-14-26(27,20(18)24(30)34-3)15-10-13-17-11-6-5-7-12-17/h5-14,16H,15H2,1-4H3/b13-10+/t26-/m1/s1. The Balaban J connectivity index is 2.38. The zero-order chi connectivity index (χ0) is 25.6. The lowest BCUT2D eigenvalue weighted by Crippen LogP contribution is -2.54. The molecule has 2 aliphatic rings. The van der Waals surface area contributed by atoms with Crippen molar-refractivity contribution >= 4 is 30.0 Å².